The summed E-state index contributed by atoms with van der Waals surface area (Å²) in [4.78, 5) is 14.7. The molecule has 1 atom stereocenters. The van der Waals surface area contributed by atoms with E-state index in [1.807, 2.05) is 6.92 Å². The summed E-state index contributed by atoms with van der Waals surface area (Å²) in [5, 5.41) is 9.56. The lowest BCUT2D eigenvalue weighted by Gasteiger charge is -2.39. The number of rotatable bonds is 11. The predicted octanol–water partition coefficient (Wildman–Crippen LogP) is 6.95. The Labute approximate surface area is 227 Å². The number of hydrogen-bond donors (Lipinski definition) is 0. The van der Waals surface area contributed by atoms with Crippen LogP contribution in [0, 0.1) is 0 Å². The third-order valence-corrected chi connectivity index (χ3v) is 7.30. The molecule has 0 bridgehead atoms. The number of amides is 1. The fraction of sp³-hybridized carbons (Fsp3) is 0.667. The van der Waals surface area contributed by atoms with Crippen molar-refractivity contribution in [2.24, 2.45) is 0 Å². The van der Waals surface area contributed by atoms with Crippen LogP contribution in [-0.2, 0) is 19.7 Å². The highest BCUT2D eigenvalue weighted by Crippen LogP contribution is 2.45. The molecule has 0 radical (unpaired) electrons. The highest BCUT2D eigenvalue weighted by atomic mass is 32.1. The molecule has 212 valence electrons. The fourth-order valence-corrected chi connectivity index (χ4v) is 5.20. The molecule has 8 nitrogen and oxygen atoms in total. The Bertz CT molecular complexity index is 1090. The van der Waals surface area contributed by atoms with E-state index >= 15 is 0 Å². The molecule has 11 heteroatoms. The van der Waals surface area contributed by atoms with Gasteiger partial charge in [-0.2, -0.15) is 0 Å². The maximum Gasteiger partial charge on any atom is 0.413 e. The average Bonchev–Trinajstić information content (AvgIpc) is 3.41. The lowest BCUT2D eigenvalue weighted by molar-refractivity contribution is -0.0685. The summed E-state index contributed by atoms with van der Waals surface area (Å²) >= 11 is 1.22. The topological polar surface area (TPSA) is 83.0 Å². The van der Waals surface area contributed by atoms with Crippen molar-refractivity contribution in [3.8, 4) is 16.3 Å². The number of halogens is 2. The van der Waals surface area contributed by atoms with Crippen LogP contribution < -0.4 is 4.74 Å². The number of carbonyl (C=O) groups is 1. The first-order valence-corrected chi connectivity index (χ1v) is 13.7. The van der Waals surface area contributed by atoms with Gasteiger partial charge in [-0.3, -0.25) is 4.90 Å². The summed E-state index contributed by atoms with van der Waals surface area (Å²) in [6, 6.07) is 4.57. The van der Waals surface area contributed by atoms with Gasteiger partial charge in [0.1, 0.15) is 39.2 Å². The first-order valence-electron chi connectivity index (χ1n) is 12.9. The largest absolute Gasteiger partial charge is 0.491 e. The van der Waals surface area contributed by atoms with Crippen LogP contribution in [0.15, 0.2) is 18.2 Å². The van der Waals surface area contributed by atoms with Crippen LogP contribution >= 0.6 is 11.3 Å². The molecule has 1 aliphatic rings. The van der Waals surface area contributed by atoms with Gasteiger partial charge in [0, 0.05) is 12.2 Å². The SMILES string of the molecule is CCCCCOCCOc1ccc(-c2nnc(C3(C)COC(C)(C)N3C(=O)OC(C)(C)C)s2)cc1C(F)F. The van der Waals surface area contributed by atoms with Crippen LogP contribution in [0.1, 0.15) is 84.7 Å². The molecule has 1 aromatic carbocycles. The first kappa shape index (κ1) is 30.2. The average molecular weight is 556 g/mol. The van der Waals surface area contributed by atoms with Gasteiger partial charge in [0.05, 0.1) is 18.8 Å². The van der Waals surface area contributed by atoms with E-state index in [1.165, 1.54) is 28.4 Å². The van der Waals surface area contributed by atoms with E-state index in [2.05, 4.69) is 17.1 Å². The molecule has 1 unspecified atom stereocenters. The summed E-state index contributed by atoms with van der Waals surface area (Å²) < 4.78 is 50.5. The minimum absolute atomic E-state index is 0.111. The van der Waals surface area contributed by atoms with E-state index in [-0.39, 0.29) is 24.5 Å². The van der Waals surface area contributed by atoms with Crippen molar-refractivity contribution < 1.29 is 32.5 Å². The zero-order valence-electron chi connectivity index (χ0n) is 23.3. The van der Waals surface area contributed by atoms with Crippen LogP contribution in [0.5, 0.6) is 5.75 Å². The molecule has 1 saturated heterocycles. The molecule has 1 aromatic heterocycles. The van der Waals surface area contributed by atoms with E-state index in [0.717, 1.165) is 19.3 Å². The quantitative estimate of drug-likeness (QED) is 0.278. The summed E-state index contributed by atoms with van der Waals surface area (Å²) in [6.45, 7) is 14.2. The minimum Gasteiger partial charge on any atom is -0.491 e. The Balaban J connectivity index is 1.78. The van der Waals surface area contributed by atoms with Crippen LogP contribution in [0.25, 0.3) is 10.6 Å². The monoisotopic (exact) mass is 555 g/mol. The second kappa shape index (κ2) is 12.2. The van der Waals surface area contributed by atoms with Crippen LogP contribution in [0.2, 0.25) is 0 Å². The van der Waals surface area contributed by atoms with Crippen LogP contribution in [0.4, 0.5) is 13.6 Å². The smallest absolute Gasteiger partial charge is 0.413 e. The van der Waals surface area contributed by atoms with Crippen molar-refractivity contribution in [3.05, 3.63) is 28.8 Å². The van der Waals surface area contributed by atoms with Gasteiger partial charge in [-0.15, -0.1) is 10.2 Å². The zero-order chi connectivity index (χ0) is 28.1. The summed E-state index contributed by atoms with van der Waals surface area (Å²) in [6.07, 6.45) is -0.0985. The predicted molar refractivity (Wildman–Crippen MR) is 142 cm³/mol. The van der Waals surface area contributed by atoms with E-state index in [9.17, 15) is 13.6 Å². The first-order chi connectivity index (χ1) is 17.8. The number of benzene rings is 1. The van der Waals surface area contributed by atoms with E-state index in [0.29, 0.717) is 28.8 Å². The third kappa shape index (κ3) is 7.18. The number of alkyl halides is 2. The van der Waals surface area contributed by atoms with Crippen molar-refractivity contribution in [1.29, 1.82) is 0 Å². The van der Waals surface area contributed by atoms with E-state index in [1.54, 1.807) is 40.7 Å². The van der Waals surface area contributed by atoms with Gasteiger partial charge in [0.2, 0.25) is 0 Å². The van der Waals surface area contributed by atoms with Gasteiger partial charge < -0.3 is 18.9 Å². The second-order valence-electron chi connectivity index (χ2n) is 11.0. The Morgan fingerprint density at radius 2 is 1.89 bits per heavy atom. The van der Waals surface area contributed by atoms with Gasteiger partial charge in [0.25, 0.3) is 6.43 Å². The standard InChI is InChI=1S/C27H39F2N3O5S/c1-8-9-10-13-34-14-15-35-20-12-11-18(16-19(20)21(28)29)22-30-31-23(38-22)27(7)17-36-26(5,6)32(27)24(33)37-25(2,3)4/h11-12,16,21H,8-10,13-15,17H2,1-7H3. The molecule has 1 amide bonds. The van der Waals surface area contributed by atoms with Gasteiger partial charge in [-0.25, -0.2) is 13.6 Å². The molecule has 2 heterocycles. The van der Waals surface area contributed by atoms with E-state index in [4.69, 9.17) is 18.9 Å². The van der Waals surface area contributed by atoms with Gasteiger partial charge in [0.15, 0.2) is 0 Å². The van der Waals surface area contributed by atoms with Crippen molar-refractivity contribution in [3.63, 3.8) is 0 Å². The number of ether oxygens (including phenoxy) is 4. The Morgan fingerprint density at radius 1 is 1.16 bits per heavy atom. The Kier molecular flexibility index (Phi) is 9.70. The maximum absolute atomic E-state index is 13.9. The van der Waals surface area contributed by atoms with Crippen molar-refractivity contribution in [2.75, 3.05) is 26.4 Å². The lowest BCUT2D eigenvalue weighted by atomic mass is 10.0. The minimum atomic E-state index is -2.73. The molecule has 3 rings (SSSR count). The molecular weight excluding hydrogens is 516 g/mol. The number of aromatic nitrogens is 2. The molecule has 0 spiro atoms. The van der Waals surface area contributed by atoms with Crippen LogP contribution in [0.3, 0.4) is 0 Å². The molecule has 1 fully saturated rings. The Morgan fingerprint density at radius 3 is 2.55 bits per heavy atom. The molecule has 38 heavy (non-hydrogen) atoms. The maximum atomic E-state index is 13.9. The lowest BCUT2D eigenvalue weighted by Crippen LogP contribution is -2.54. The molecular formula is C27H39F2N3O5S. The highest BCUT2D eigenvalue weighted by Gasteiger charge is 2.55. The molecule has 2 aromatic rings. The van der Waals surface area contributed by atoms with Crippen molar-refractivity contribution in [1.82, 2.24) is 15.1 Å². The third-order valence-electron chi connectivity index (χ3n) is 6.07. The summed E-state index contributed by atoms with van der Waals surface area (Å²) in [7, 11) is 0. The van der Waals surface area contributed by atoms with Crippen molar-refractivity contribution in [2.45, 2.75) is 91.0 Å². The van der Waals surface area contributed by atoms with Gasteiger partial charge in [-0.05, 0) is 66.2 Å². The number of hydrogen-bond acceptors (Lipinski definition) is 8. The number of unbranched alkanes of at least 4 members (excludes halogenated alkanes) is 2. The molecule has 0 saturated carbocycles. The number of nitrogens with zero attached hydrogens (tertiary/aromatic N) is 3. The number of carbonyl (C=O) groups excluding carboxylic acids is 1. The van der Waals surface area contributed by atoms with Crippen LogP contribution in [-0.4, -0.2) is 58.9 Å². The summed E-state index contributed by atoms with van der Waals surface area (Å²) in [5.74, 6) is 0.111. The normalized spacial score (nSPS) is 19.3. The second-order valence-corrected chi connectivity index (χ2v) is 11.9. The molecule has 0 aliphatic carbocycles. The molecule has 1 aliphatic heterocycles. The van der Waals surface area contributed by atoms with E-state index < -0.39 is 29.4 Å². The zero-order valence-corrected chi connectivity index (χ0v) is 24.1. The van der Waals surface area contributed by atoms with Gasteiger partial charge >= 0.3 is 6.09 Å². The fourth-order valence-electron chi connectivity index (χ4n) is 4.23. The Hall–Kier alpha value is -2.37. The van der Waals surface area contributed by atoms with Crippen molar-refractivity contribution >= 4 is 17.4 Å². The molecule has 0 N–H and O–H groups in total. The highest BCUT2D eigenvalue weighted by molar-refractivity contribution is 7.14. The summed E-state index contributed by atoms with van der Waals surface area (Å²) in [5.41, 5.74) is -2.33. The van der Waals surface area contributed by atoms with Gasteiger partial charge in [-0.1, -0.05) is 31.1 Å².